The molecule has 0 unspecified atom stereocenters. The number of halogens is 3. The molecule has 254 valence electrons. The van der Waals surface area contributed by atoms with Crippen LogP contribution >= 0.6 is 0 Å². The van der Waals surface area contributed by atoms with Crippen LogP contribution in [-0.2, 0) is 23.8 Å². The van der Waals surface area contributed by atoms with Gasteiger partial charge in [-0.2, -0.15) is 13.2 Å². The number of ketones is 2. The summed E-state index contributed by atoms with van der Waals surface area (Å²) in [6.45, 7) is 2.75. The summed E-state index contributed by atoms with van der Waals surface area (Å²) < 4.78 is 55.2. The maximum absolute atomic E-state index is 13.7. The number of ether oxygens (including phenoxy) is 3. The Balaban J connectivity index is 1.63. The Morgan fingerprint density at radius 3 is 2.04 bits per heavy atom. The molecular formula is C31H32F3NO12. The number of carbonyl (C=O) groups excluding carboxylic acids is 4. The number of aromatic hydroxyl groups is 4. The summed E-state index contributed by atoms with van der Waals surface area (Å²) >= 11 is 0. The van der Waals surface area contributed by atoms with Crippen molar-refractivity contribution in [1.29, 1.82) is 0 Å². The third-order valence-electron chi connectivity index (χ3n) is 9.03. The van der Waals surface area contributed by atoms with Gasteiger partial charge >= 0.3 is 18.1 Å². The van der Waals surface area contributed by atoms with E-state index >= 15 is 0 Å². The molecule has 1 saturated heterocycles. The predicted octanol–water partition coefficient (Wildman–Crippen LogP) is 2.96. The summed E-state index contributed by atoms with van der Waals surface area (Å²) in [5.41, 5.74) is -5.76. The van der Waals surface area contributed by atoms with Crippen molar-refractivity contribution >= 4 is 23.4 Å². The van der Waals surface area contributed by atoms with Gasteiger partial charge in [0.25, 0.3) is 0 Å². The van der Waals surface area contributed by atoms with Crippen LogP contribution in [0, 0.1) is 5.92 Å². The van der Waals surface area contributed by atoms with Gasteiger partial charge in [-0.05, 0) is 37.8 Å². The van der Waals surface area contributed by atoms with Crippen LogP contribution in [0.4, 0.5) is 13.2 Å². The molecule has 47 heavy (non-hydrogen) atoms. The van der Waals surface area contributed by atoms with Crippen molar-refractivity contribution < 1.29 is 72.1 Å². The van der Waals surface area contributed by atoms with Crippen LogP contribution in [0.5, 0.6) is 23.0 Å². The van der Waals surface area contributed by atoms with Gasteiger partial charge in [-0.1, -0.05) is 6.92 Å². The third-order valence-corrected chi connectivity index (χ3v) is 9.03. The van der Waals surface area contributed by atoms with Crippen molar-refractivity contribution in [3.8, 4) is 23.0 Å². The molecule has 2 aromatic carbocycles. The zero-order chi connectivity index (χ0) is 34.7. The van der Waals surface area contributed by atoms with Gasteiger partial charge in [-0.3, -0.25) is 19.2 Å². The van der Waals surface area contributed by atoms with E-state index in [1.807, 2.05) is 5.32 Å². The molecule has 16 heteroatoms. The first kappa shape index (κ1) is 33.9. The smallest absolute Gasteiger partial charge is 0.471 e. The number of hydrogen-bond donors (Lipinski definition) is 6. The summed E-state index contributed by atoms with van der Waals surface area (Å²) in [4.78, 5) is 52.0. The molecule has 0 radical (unpaired) electrons. The number of nitrogens with one attached hydrogen (secondary N) is 1. The fourth-order valence-corrected chi connectivity index (χ4v) is 6.82. The van der Waals surface area contributed by atoms with E-state index in [1.165, 1.54) is 6.92 Å². The minimum Gasteiger partial charge on any atom is -0.507 e. The highest BCUT2D eigenvalue weighted by Gasteiger charge is 2.55. The summed E-state index contributed by atoms with van der Waals surface area (Å²) in [7, 11) is 1.01. The highest BCUT2D eigenvalue weighted by atomic mass is 19.4. The molecule has 0 aromatic heterocycles. The molecule has 1 aliphatic heterocycles. The molecule has 2 aliphatic carbocycles. The van der Waals surface area contributed by atoms with E-state index in [4.69, 9.17) is 14.2 Å². The lowest BCUT2D eigenvalue weighted by atomic mass is 9.66. The van der Waals surface area contributed by atoms with Gasteiger partial charge in [-0.25, -0.2) is 0 Å². The molecule has 5 rings (SSSR count). The number of phenols is 4. The van der Waals surface area contributed by atoms with Crippen molar-refractivity contribution in [3.63, 3.8) is 0 Å². The number of hydrogen-bond acceptors (Lipinski definition) is 12. The molecule has 1 fully saturated rings. The van der Waals surface area contributed by atoms with Gasteiger partial charge in [-0.15, -0.1) is 0 Å². The quantitative estimate of drug-likeness (QED) is 0.166. The van der Waals surface area contributed by atoms with Crippen LogP contribution in [0.1, 0.15) is 94.5 Å². The van der Waals surface area contributed by atoms with Gasteiger partial charge in [0, 0.05) is 30.5 Å². The molecule has 1 amide bonds. The van der Waals surface area contributed by atoms with Crippen molar-refractivity contribution in [2.75, 3.05) is 13.7 Å². The van der Waals surface area contributed by atoms with E-state index in [0.717, 1.165) is 19.2 Å². The van der Waals surface area contributed by atoms with Crippen molar-refractivity contribution in [2.45, 2.75) is 75.7 Å². The van der Waals surface area contributed by atoms with Crippen molar-refractivity contribution in [2.24, 2.45) is 5.92 Å². The second kappa shape index (κ2) is 12.0. The Bertz CT molecular complexity index is 1670. The Morgan fingerprint density at radius 1 is 0.979 bits per heavy atom. The van der Waals surface area contributed by atoms with E-state index in [0.29, 0.717) is 0 Å². The highest BCUT2D eigenvalue weighted by molar-refractivity contribution is 6.32. The third kappa shape index (κ3) is 5.63. The fourth-order valence-electron chi connectivity index (χ4n) is 6.82. The molecule has 0 bridgehead atoms. The van der Waals surface area contributed by atoms with Crippen LogP contribution in [0.3, 0.4) is 0 Å². The molecule has 1 heterocycles. The number of esters is 1. The van der Waals surface area contributed by atoms with Crippen LogP contribution in [0.2, 0.25) is 0 Å². The number of rotatable bonds is 6. The first-order valence-corrected chi connectivity index (χ1v) is 14.7. The topological polar surface area (TPSA) is 209 Å². The highest BCUT2D eigenvalue weighted by Crippen LogP contribution is 2.57. The number of alkyl halides is 3. The zero-order valence-electron chi connectivity index (χ0n) is 25.3. The maximum Gasteiger partial charge on any atom is 0.471 e. The monoisotopic (exact) mass is 667 g/mol. The molecule has 6 atom stereocenters. The standard InChI is InChI=1S/C31H32F3NO12/c1-4-30(44)9-15(47-16-8-12(7-11(2)46-16)10-35-29(43)31(32,33)34)19-20(23(30)28(42)45-3)27(41)22-21(26(19)40)24(38)17-13(36)5-6-14(37)18(17)25(22)39/h5-6,11-12,15-16,23,36-37,40-41,44H,4,7-10H2,1-3H3,(H,35,43)/t11-,12+,15-,16-,23-,30+/m0/s1. The van der Waals surface area contributed by atoms with Crippen LogP contribution in [0.25, 0.3) is 0 Å². The summed E-state index contributed by atoms with van der Waals surface area (Å²) in [5.74, 6) is -11.1. The Labute approximate surface area is 264 Å². The average Bonchev–Trinajstić information content (AvgIpc) is 3.00. The normalized spacial score (nSPS) is 27.0. The van der Waals surface area contributed by atoms with E-state index in [2.05, 4.69) is 0 Å². The van der Waals surface area contributed by atoms with Crippen LogP contribution < -0.4 is 5.32 Å². The number of carbonyl (C=O) groups is 4. The SMILES string of the molecule is CC[C@@]1(O)C[C@H](O[C@H]2C[C@H](CNC(=O)C(F)(F)F)C[C@H](C)O2)c2c(O)c3c(c(O)c2[C@H]1C(=O)OC)C(=O)c1c(O)ccc(O)c1C3=O. The second-order valence-electron chi connectivity index (χ2n) is 12.0. The second-order valence-corrected chi connectivity index (χ2v) is 12.0. The largest absolute Gasteiger partial charge is 0.507 e. The number of phenolic OH excluding ortho intramolecular Hbond substituents is 4. The predicted molar refractivity (Wildman–Crippen MR) is 151 cm³/mol. The van der Waals surface area contributed by atoms with E-state index < -0.39 is 123 Å². The van der Waals surface area contributed by atoms with Gasteiger partial charge in [0.2, 0.25) is 11.6 Å². The summed E-state index contributed by atoms with van der Waals surface area (Å²) in [6.07, 6.45) is -8.75. The maximum atomic E-state index is 13.7. The molecular weight excluding hydrogens is 635 g/mol. The minimum absolute atomic E-state index is 0.0606. The lowest BCUT2D eigenvalue weighted by Gasteiger charge is -2.45. The molecule has 13 nitrogen and oxygen atoms in total. The molecule has 3 aliphatic rings. The number of amides is 1. The van der Waals surface area contributed by atoms with Gasteiger partial charge < -0.3 is 45.1 Å². The molecule has 0 spiro atoms. The minimum atomic E-state index is -5.09. The summed E-state index contributed by atoms with van der Waals surface area (Å²) in [6, 6.07) is 1.90. The fraction of sp³-hybridized carbons (Fsp3) is 0.484. The number of benzene rings is 2. The Morgan fingerprint density at radius 2 is 1.53 bits per heavy atom. The molecule has 6 N–H and O–H groups in total. The van der Waals surface area contributed by atoms with Crippen LogP contribution in [-0.4, -0.2) is 86.8 Å². The van der Waals surface area contributed by atoms with Gasteiger partial charge in [0.15, 0.2) is 6.29 Å². The van der Waals surface area contributed by atoms with E-state index in [1.54, 1.807) is 6.92 Å². The number of fused-ring (bicyclic) bond motifs is 3. The number of methoxy groups -OCH3 is 1. The Hall–Kier alpha value is -4.41. The lowest BCUT2D eigenvalue weighted by molar-refractivity contribution is -0.234. The van der Waals surface area contributed by atoms with Gasteiger partial charge in [0.1, 0.15) is 28.9 Å². The van der Waals surface area contributed by atoms with Crippen LogP contribution in [0.15, 0.2) is 12.1 Å². The summed E-state index contributed by atoms with van der Waals surface area (Å²) in [5, 5.41) is 57.8. The molecule has 0 saturated carbocycles. The van der Waals surface area contributed by atoms with E-state index in [-0.39, 0.29) is 31.4 Å². The van der Waals surface area contributed by atoms with E-state index in [9.17, 15) is 57.9 Å². The van der Waals surface area contributed by atoms with Crippen molar-refractivity contribution in [3.05, 3.63) is 45.5 Å². The first-order chi connectivity index (χ1) is 21.9. The number of aliphatic hydroxyl groups is 1. The first-order valence-electron chi connectivity index (χ1n) is 14.7. The lowest BCUT2D eigenvalue weighted by Crippen LogP contribution is -2.48. The Kier molecular flexibility index (Phi) is 8.66. The zero-order valence-corrected chi connectivity index (χ0v) is 25.3. The van der Waals surface area contributed by atoms with Crippen molar-refractivity contribution in [1.82, 2.24) is 5.32 Å². The average molecular weight is 668 g/mol. The van der Waals surface area contributed by atoms with Gasteiger partial charge in [0.05, 0.1) is 47.2 Å². The molecule has 2 aromatic rings.